The van der Waals surface area contributed by atoms with E-state index in [1.165, 1.54) is 0 Å². The number of amides is 1. The number of aromatic nitrogens is 3. The molecule has 0 radical (unpaired) electrons. The summed E-state index contributed by atoms with van der Waals surface area (Å²) in [6, 6.07) is 3.41. The van der Waals surface area contributed by atoms with Gasteiger partial charge in [0.1, 0.15) is 17.9 Å². The Balaban J connectivity index is 1.69. The second-order valence-electron chi connectivity index (χ2n) is 7.86. The number of allylic oxidation sites excluding steroid dienone is 1. The first-order valence-electron chi connectivity index (χ1n) is 9.37. The first-order chi connectivity index (χ1) is 13.4. The van der Waals surface area contributed by atoms with Crippen LogP contribution in [0.4, 0.5) is 0 Å². The molecule has 1 amide bonds. The van der Waals surface area contributed by atoms with Gasteiger partial charge in [-0.2, -0.15) is 5.10 Å². The van der Waals surface area contributed by atoms with E-state index in [9.17, 15) is 9.90 Å². The Morgan fingerprint density at radius 3 is 3.04 bits per heavy atom. The summed E-state index contributed by atoms with van der Waals surface area (Å²) in [5.41, 5.74) is 3.78. The minimum atomic E-state index is -0.331. The van der Waals surface area contributed by atoms with Crippen molar-refractivity contribution in [3.8, 4) is 0 Å². The number of hydrogen-bond acceptors (Lipinski definition) is 5. The van der Waals surface area contributed by atoms with Crippen molar-refractivity contribution in [3.63, 3.8) is 0 Å². The molecule has 0 aliphatic heterocycles. The van der Waals surface area contributed by atoms with Crippen LogP contribution in [0.3, 0.4) is 0 Å². The van der Waals surface area contributed by atoms with E-state index < -0.39 is 0 Å². The summed E-state index contributed by atoms with van der Waals surface area (Å²) in [4.78, 5) is 16.7. The van der Waals surface area contributed by atoms with Gasteiger partial charge < -0.3 is 21.1 Å². The van der Waals surface area contributed by atoms with Crippen molar-refractivity contribution in [2.45, 2.75) is 39.2 Å². The van der Waals surface area contributed by atoms with Crippen LogP contribution in [0.5, 0.6) is 0 Å². The number of hydrogen-bond donors (Lipinski definition) is 5. The van der Waals surface area contributed by atoms with E-state index in [0.29, 0.717) is 11.4 Å². The molecule has 148 valence electrons. The van der Waals surface area contributed by atoms with E-state index in [1.807, 2.05) is 6.07 Å². The fourth-order valence-corrected chi connectivity index (χ4v) is 3.44. The van der Waals surface area contributed by atoms with Gasteiger partial charge in [0.25, 0.3) is 5.91 Å². The molecule has 2 aromatic heterocycles. The SMILES string of the molecule is CC1(C)CCc2c(C(=O)NC(C=N)=C[NH2+]C(CO)c3cccnc3)n[nH]c2C1. The minimum Gasteiger partial charge on any atom is -0.390 e. The number of nitrogens with zero attached hydrogens (tertiary/aromatic N) is 2. The number of aliphatic hydroxyl groups is 1. The number of quaternary nitrogens is 1. The van der Waals surface area contributed by atoms with Crippen molar-refractivity contribution in [3.05, 3.63) is 58.9 Å². The molecular formula is C20H27N6O2+. The number of nitrogens with two attached hydrogens (primary N) is 1. The average Bonchev–Trinajstić information content (AvgIpc) is 3.10. The number of nitrogens with one attached hydrogen (secondary N) is 3. The molecule has 0 saturated heterocycles. The van der Waals surface area contributed by atoms with Gasteiger partial charge in [-0.1, -0.05) is 13.8 Å². The molecule has 1 aliphatic carbocycles. The van der Waals surface area contributed by atoms with Gasteiger partial charge in [-0.15, -0.1) is 0 Å². The maximum Gasteiger partial charge on any atom is 0.276 e. The first-order valence-corrected chi connectivity index (χ1v) is 9.37. The number of fused-ring (bicyclic) bond motifs is 1. The van der Waals surface area contributed by atoms with Crippen molar-refractivity contribution < 1.29 is 15.2 Å². The van der Waals surface area contributed by atoms with E-state index in [-0.39, 0.29) is 24.0 Å². The molecule has 0 bridgehead atoms. The lowest BCUT2D eigenvalue weighted by molar-refractivity contribution is -0.636. The van der Waals surface area contributed by atoms with Crippen LogP contribution in [0.15, 0.2) is 36.4 Å². The van der Waals surface area contributed by atoms with Crippen LogP contribution in [0, 0.1) is 10.8 Å². The minimum absolute atomic E-state index is 0.0932. The zero-order valence-electron chi connectivity index (χ0n) is 16.2. The summed E-state index contributed by atoms with van der Waals surface area (Å²) in [6.07, 6.45) is 8.74. The van der Waals surface area contributed by atoms with Gasteiger partial charge in [-0.25, -0.2) is 0 Å². The van der Waals surface area contributed by atoms with Crippen LogP contribution in [0.25, 0.3) is 0 Å². The number of rotatable bonds is 7. The Morgan fingerprint density at radius 1 is 1.54 bits per heavy atom. The Morgan fingerprint density at radius 2 is 2.36 bits per heavy atom. The molecule has 6 N–H and O–H groups in total. The highest BCUT2D eigenvalue weighted by atomic mass is 16.3. The number of pyridine rings is 1. The summed E-state index contributed by atoms with van der Waals surface area (Å²) in [6.45, 7) is 4.33. The molecule has 1 atom stereocenters. The van der Waals surface area contributed by atoms with E-state index >= 15 is 0 Å². The van der Waals surface area contributed by atoms with Gasteiger partial charge in [0.05, 0.1) is 6.61 Å². The Hall–Kier alpha value is -2.84. The zero-order chi connectivity index (χ0) is 20.1. The molecule has 0 saturated carbocycles. The fraction of sp³-hybridized carbons (Fsp3) is 0.400. The van der Waals surface area contributed by atoms with Crippen LogP contribution in [-0.4, -0.2) is 39.0 Å². The van der Waals surface area contributed by atoms with E-state index in [0.717, 1.165) is 42.3 Å². The largest absolute Gasteiger partial charge is 0.390 e. The summed E-state index contributed by atoms with van der Waals surface area (Å²) in [5, 5.41) is 28.9. The maximum atomic E-state index is 12.7. The predicted octanol–water partition coefficient (Wildman–Crippen LogP) is 0.837. The van der Waals surface area contributed by atoms with Gasteiger partial charge in [0.15, 0.2) is 5.69 Å². The smallest absolute Gasteiger partial charge is 0.276 e. The highest BCUT2D eigenvalue weighted by Crippen LogP contribution is 2.34. The lowest BCUT2D eigenvalue weighted by Crippen LogP contribution is -2.80. The highest BCUT2D eigenvalue weighted by molar-refractivity contribution is 5.98. The molecule has 28 heavy (non-hydrogen) atoms. The van der Waals surface area contributed by atoms with Gasteiger partial charge in [0, 0.05) is 35.4 Å². The quantitative estimate of drug-likeness (QED) is 0.453. The van der Waals surface area contributed by atoms with Crippen LogP contribution in [0.2, 0.25) is 0 Å². The maximum absolute atomic E-state index is 12.7. The summed E-state index contributed by atoms with van der Waals surface area (Å²) < 4.78 is 0. The molecule has 2 aromatic rings. The van der Waals surface area contributed by atoms with E-state index in [1.54, 1.807) is 30.0 Å². The number of H-pyrrole nitrogens is 1. The molecule has 8 nitrogen and oxygen atoms in total. The number of aromatic amines is 1. The Bertz CT molecular complexity index is 872. The van der Waals surface area contributed by atoms with E-state index in [2.05, 4.69) is 34.3 Å². The standard InChI is InChI=1S/C20H26N6O2/c1-20(2)6-5-15-16(8-20)25-26-18(15)19(28)24-14(9-21)11-23-17(12-27)13-4-3-7-22-10-13/h3-4,7,9-11,17,21,23,27H,5-6,8,12H2,1-2H3,(H,24,28)(H,25,26)/p+1. The number of aliphatic hydroxyl groups excluding tert-OH is 1. The lowest BCUT2D eigenvalue weighted by atomic mass is 9.76. The lowest BCUT2D eigenvalue weighted by Gasteiger charge is -2.28. The summed E-state index contributed by atoms with van der Waals surface area (Å²) in [5.74, 6) is -0.331. The third kappa shape index (κ3) is 4.52. The molecule has 0 spiro atoms. The van der Waals surface area contributed by atoms with Crippen molar-refractivity contribution in [1.29, 1.82) is 5.41 Å². The van der Waals surface area contributed by atoms with Crippen LogP contribution < -0.4 is 10.6 Å². The molecule has 1 unspecified atom stereocenters. The summed E-state index contributed by atoms with van der Waals surface area (Å²) in [7, 11) is 0. The topological polar surface area (TPSA) is 131 Å². The Labute approximate surface area is 164 Å². The van der Waals surface area contributed by atoms with Crippen LogP contribution in [-0.2, 0) is 12.8 Å². The van der Waals surface area contributed by atoms with Crippen molar-refractivity contribution in [2.24, 2.45) is 5.41 Å². The van der Waals surface area contributed by atoms with E-state index in [4.69, 9.17) is 5.41 Å². The van der Waals surface area contributed by atoms with Gasteiger partial charge in [-0.05, 0) is 36.8 Å². The monoisotopic (exact) mass is 383 g/mol. The zero-order valence-corrected chi connectivity index (χ0v) is 16.2. The fourth-order valence-electron chi connectivity index (χ4n) is 3.44. The highest BCUT2D eigenvalue weighted by Gasteiger charge is 2.30. The molecule has 0 fully saturated rings. The first kappa shape index (κ1) is 19.9. The van der Waals surface area contributed by atoms with Crippen molar-refractivity contribution in [1.82, 2.24) is 20.5 Å². The second kappa shape index (κ2) is 8.45. The molecule has 1 aliphatic rings. The molecule has 0 aromatic carbocycles. The van der Waals surface area contributed by atoms with Crippen LogP contribution >= 0.6 is 0 Å². The van der Waals surface area contributed by atoms with Gasteiger partial charge in [0.2, 0.25) is 0 Å². The number of carbonyl (C=O) groups excluding carboxylic acids is 1. The van der Waals surface area contributed by atoms with Crippen LogP contribution in [0.1, 0.15) is 53.6 Å². The molecule has 8 heteroatoms. The van der Waals surface area contributed by atoms with Crippen molar-refractivity contribution >= 4 is 12.1 Å². The molecule has 3 rings (SSSR count). The third-order valence-corrected chi connectivity index (χ3v) is 5.11. The van der Waals surface area contributed by atoms with Gasteiger partial charge >= 0.3 is 0 Å². The van der Waals surface area contributed by atoms with Gasteiger partial charge in [-0.3, -0.25) is 14.9 Å². The molecular weight excluding hydrogens is 356 g/mol. The second-order valence-corrected chi connectivity index (χ2v) is 7.86. The Kier molecular flexibility index (Phi) is 6.01. The molecule has 2 heterocycles. The summed E-state index contributed by atoms with van der Waals surface area (Å²) >= 11 is 0. The predicted molar refractivity (Wildman–Crippen MR) is 105 cm³/mol. The van der Waals surface area contributed by atoms with Crippen molar-refractivity contribution in [2.75, 3.05) is 6.61 Å². The third-order valence-electron chi connectivity index (χ3n) is 5.11. The average molecular weight is 383 g/mol. The number of carbonyl (C=O) groups is 1. The normalized spacial score (nSPS) is 16.9.